The molecule has 3 heteroatoms. The fourth-order valence-electron chi connectivity index (χ4n) is 0.462. The molecule has 0 rings (SSSR count). The molecule has 3 nitrogen and oxygen atoms in total. The Kier molecular flexibility index (Phi) is 15.4. The first-order valence-corrected chi connectivity index (χ1v) is 4.06. The van der Waals surface area contributed by atoms with Crippen molar-refractivity contribution in [2.45, 2.75) is 20.8 Å². The Bertz CT molecular complexity index is 56.1. The second-order valence-corrected chi connectivity index (χ2v) is 2.01. The number of hydroxylamine groups is 2. The SMILES string of the molecule is CCOCC.CCON(C)C. The van der Waals surface area contributed by atoms with Gasteiger partial charge in [0.1, 0.15) is 0 Å². The van der Waals surface area contributed by atoms with Crippen molar-refractivity contribution in [3.63, 3.8) is 0 Å². The molecule has 0 bridgehead atoms. The van der Waals surface area contributed by atoms with Crippen LogP contribution < -0.4 is 0 Å². The highest BCUT2D eigenvalue weighted by atomic mass is 16.7. The highest BCUT2D eigenvalue weighted by Crippen LogP contribution is 1.72. The standard InChI is InChI=1S/C4H11NO.C4H10O/c1-4-6-5(2)3;1-3-5-4-2/h4H2,1-3H3;3-4H2,1-2H3. The summed E-state index contributed by atoms with van der Waals surface area (Å²) in [6, 6.07) is 0. The van der Waals surface area contributed by atoms with E-state index in [0.717, 1.165) is 19.8 Å². The van der Waals surface area contributed by atoms with Gasteiger partial charge in [-0.2, -0.15) is 5.06 Å². The van der Waals surface area contributed by atoms with E-state index in [4.69, 9.17) is 9.57 Å². The first-order chi connectivity index (χ1) is 5.18. The molecule has 70 valence electrons. The average molecular weight is 163 g/mol. The van der Waals surface area contributed by atoms with Gasteiger partial charge >= 0.3 is 0 Å². The number of rotatable bonds is 4. The first-order valence-electron chi connectivity index (χ1n) is 4.06. The van der Waals surface area contributed by atoms with Gasteiger partial charge in [0.05, 0.1) is 6.61 Å². The molecule has 0 saturated heterocycles. The molecule has 0 aliphatic carbocycles. The Balaban J connectivity index is 0. The summed E-state index contributed by atoms with van der Waals surface area (Å²) in [5.41, 5.74) is 0. The van der Waals surface area contributed by atoms with Gasteiger partial charge in [-0.3, -0.25) is 4.84 Å². The molecule has 0 aromatic heterocycles. The monoisotopic (exact) mass is 163 g/mol. The van der Waals surface area contributed by atoms with Gasteiger partial charge in [0.25, 0.3) is 0 Å². The molecule has 0 atom stereocenters. The van der Waals surface area contributed by atoms with Crippen molar-refractivity contribution in [3.05, 3.63) is 0 Å². The van der Waals surface area contributed by atoms with E-state index in [1.54, 1.807) is 5.06 Å². The summed E-state index contributed by atoms with van der Waals surface area (Å²) in [6.45, 7) is 8.38. The third kappa shape index (κ3) is 25.8. The van der Waals surface area contributed by atoms with Gasteiger partial charge in [-0.1, -0.05) is 0 Å². The summed E-state index contributed by atoms with van der Waals surface area (Å²) in [5, 5.41) is 1.68. The highest BCUT2D eigenvalue weighted by molar-refractivity contribution is 4.07. The molecule has 0 aromatic carbocycles. The van der Waals surface area contributed by atoms with E-state index in [1.165, 1.54) is 0 Å². The molecule has 0 spiro atoms. The smallest absolute Gasteiger partial charge is 0.0656 e. The molecular weight excluding hydrogens is 142 g/mol. The van der Waals surface area contributed by atoms with Crippen LogP contribution in [0, 0.1) is 0 Å². The Morgan fingerprint density at radius 2 is 1.36 bits per heavy atom. The van der Waals surface area contributed by atoms with Crippen molar-refractivity contribution in [2.24, 2.45) is 0 Å². The van der Waals surface area contributed by atoms with E-state index in [1.807, 2.05) is 34.9 Å². The van der Waals surface area contributed by atoms with Gasteiger partial charge in [-0.05, 0) is 20.8 Å². The van der Waals surface area contributed by atoms with Crippen LogP contribution in [0.5, 0.6) is 0 Å². The summed E-state index contributed by atoms with van der Waals surface area (Å²) in [4.78, 5) is 4.88. The lowest BCUT2D eigenvalue weighted by molar-refractivity contribution is -0.113. The first kappa shape index (κ1) is 13.5. The van der Waals surface area contributed by atoms with E-state index in [-0.39, 0.29) is 0 Å². The van der Waals surface area contributed by atoms with Gasteiger partial charge in [0, 0.05) is 27.3 Å². The second kappa shape index (κ2) is 12.5. The van der Waals surface area contributed by atoms with Crippen LogP contribution in [-0.4, -0.2) is 39.0 Å². The number of hydrogen-bond acceptors (Lipinski definition) is 3. The Labute approximate surface area is 70.2 Å². The molecule has 0 fully saturated rings. The molecule has 0 radical (unpaired) electrons. The van der Waals surface area contributed by atoms with Crippen molar-refractivity contribution in [1.82, 2.24) is 5.06 Å². The van der Waals surface area contributed by atoms with Crippen LogP contribution in [0.3, 0.4) is 0 Å². The summed E-state index contributed by atoms with van der Waals surface area (Å²) in [5.74, 6) is 0. The summed E-state index contributed by atoms with van der Waals surface area (Å²) < 4.78 is 4.83. The van der Waals surface area contributed by atoms with Crippen LogP contribution in [0.4, 0.5) is 0 Å². The lowest BCUT2D eigenvalue weighted by atomic mass is 10.8. The number of nitrogens with zero attached hydrogens (tertiary/aromatic N) is 1. The van der Waals surface area contributed by atoms with Crippen LogP contribution in [-0.2, 0) is 9.57 Å². The molecular formula is C8H21NO2. The van der Waals surface area contributed by atoms with Crippen LogP contribution in [0.1, 0.15) is 20.8 Å². The Morgan fingerprint density at radius 1 is 0.909 bits per heavy atom. The molecule has 0 aliphatic heterocycles. The highest BCUT2D eigenvalue weighted by Gasteiger charge is 1.77. The van der Waals surface area contributed by atoms with Crippen LogP contribution in [0.25, 0.3) is 0 Å². The van der Waals surface area contributed by atoms with Crippen molar-refractivity contribution in [3.8, 4) is 0 Å². The Morgan fingerprint density at radius 3 is 1.36 bits per heavy atom. The zero-order valence-corrected chi connectivity index (χ0v) is 8.39. The lowest BCUT2D eigenvalue weighted by Gasteiger charge is -2.05. The van der Waals surface area contributed by atoms with Gasteiger partial charge in [-0.15, -0.1) is 0 Å². The molecule has 0 aliphatic rings. The van der Waals surface area contributed by atoms with Crippen LogP contribution >= 0.6 is 0 Å². The minimum Gasteiger partial charge on any atom is -0.382 e. The third-order valence-corrected chi connectivity index (χ3v) is 0.796. The topological polar surface area (TPSA) is 21.7 Å². The van der Waals surface area contributed by atoms with E-state index < -0.39 is 0 Å². The lowest BCUT2D eigenvalue weighted by Crippen LogP contribution is -2.11. The molecule has 0 N–H and O–H groups in total. The average Bonchev–Trinajstić information content (AvgIpc) is 1.90. The molecule has 0 saturated carbocycles. The minimum absolute atomic E-state index is 0.757. The fraction of sp³-hybridized carbons (Fsp3) is 1.00. The minimum atomic E-state index is 0.757. The van der Waals surface area contributed by atoms with Crippen molar-refractivity contribution in [2.75, 3.05) is 33.9 Å². The maximum absolute atomic E-state index is 4.88. The Hall–Kier alpha value is -0.120. The van der Waals surface area contributed by atoms with Crippen molar-refractivity contribution >= 4 is 0 Å². The normalized spacial score (nSPS) is 9.27. The molecule has 11 heavy (non-hydrogen) atoms. The number of ether oxygens (including phenoxy) is 1. The van der Waals surface area contributed by atoms with E-state index in [0.29, 0.717) is 0 Å². The molecule has 0 unspecified atom stereocenters. The maximum atomic E-state index is 4.88. The molecule has 0 heterocycles. The van der Waals surface area contributed by atoms with Gasteiger partial charge < -0.3 is 4.74 Å². The fourth-order valence-corrected chi connectivity index (χ4v) is 0.462. The zero-order valence-electron chi connectivity index (χ0n) is 8.39. The predicted octanol–water partition coefficient (Wildman–Crippen LogP) is 1.54. The summed E-state index contributed by atoms with van der Waals surface area (Å²) in [7, 11) is 3.73. The number of hydrogen-bond donors (Lipinski definition) is 0. The zero-order chi connectivity index (χ0) is 9.11. The van der Waals surface area contributed by atoms with Crippen molar-refractivity contribution < 1.29 is 9.57 Å². The van der Waals surface area contributed by atoms with Crippen LogP contribution in [0.2, 0.25) is 0 Å². The predicted molar refractivity (Wildman–Crippen MR) is 47.5 cm³/mol. The summed E-state index contributed by atoms with van der Waals surface area (Å²) >= 11 is 0. The molecule has 0 amide bonds. The van der Waals surface area contributed by atoms with Gasteiger partial charge in [0.2, 0.25) is 0 Å². The van der Waals surface area contributed by atoms with Crippen molar-refractivity contribution in [1.29, 1.82) is 0 Å². The maximum Gasteiger partial charge on any atom is 0.0656 e. The quantitative estimate of drug-likeness (QED) is 0.587. The van der Waals surface area contributed by atoms with Gasteiger partial charge in [-0.25, -0.2) is 0 Å². The van der Waals surface area contributed by atoms with Gasteiger partial charge in [0.15, 0.2) is 0 Å². The second-order valence-electron chi connectivity index (χ2n) is 2.01. The third-order valence-electron chi connectivity index (χ3n) is 0.796. The molecule has 0 aromatic rings. The van der Waals surface area contributed by atoms with E-state index in [9.17, 15) is 0 Å². The summed E-state index contributed by atoms with van der Waals surface area (Å²) in [6.07, 6.45) is 0. The van der Waals surface area contributed by atoms with Crippen LogP contribution in [0.15, 0.2) is 0 Å². The van der Waals surface area contributed by atoms with E-state index >= 15 is 0 Å². The largest absolute Gasteiger partial charge is 0.382 e. The van der Waals surface area contributed by atoms with E-state index in [2.05, 4.69) is 0 Å².